The molecule has 0 unspecified atom stereocenters. The molecule has 128 valence electrons. The van der Waals surface area contributed by atoms with Gasteiger partial charge in [0.05, 0.1) is 17.7 Å². The van der Waals surface area contributed by atoms with Crippen LogP contribution in [0.2, 0.25) is 0 Å². The highest BCUT2D eigenvalue weighted by Crippen LogP contribution is 2.24. The van der Waals surface area contributed by atoms with Gasteiger partial charge >= 0.3 is 0 Å². The van der Waals surface area contributed by atoms with Crippen LogP contribution in [0.25, 0.3) is 0 Å². The van der Waals surface area contributed by atoms with E-state index in [4.69, 9.17) is 4.74 Å². The van der Waals surface area contributed by atoms with Gasteiger partial charge in [0.25, 0.3) is 10.0 Å². The average molecular weight is 353 g/mol. The first-order valence-electron chi connectivity index (χ1n) is 7.87. The molecule has 0 atom stereocenters. The first-order chi connectivity index (χ1) is 12.1. The normalized spacial score (nSPS) is 11.1. The fraction of sp³-hybridized carbons (Fsp3) is 0.100. The Balaban J connectivity index is 1.88. The topological polar surface area (TPSA) is 55.4 Å². The summed E-state index contributed by atoms with van der Waals surface area (Å²) in [6.45, 7) is 0. The average Bonchev–Trinajstić information content (AvgIpc) is 2.64. The number of sulfonamides is 1. The van der Waals surface area contributed by atoms with Gasteiger partial charge in [0, 0.05) is 0 Å². The van der Waals surface area contributed by atoms with Gasteiger partial charge in [0.1, 0.15) is 5.75 Å². The molecular formula is C20H19NO3S. The number of nitrogens with one attached hydrogen (secondary N) is 1. The second-order valence-electron chi connectivity index (χ2n) is 5.60. The smallest absolute Gasteiger partial charge is 0.261 e. The Morgan fingerprint density at radius 3 is 2.36 bits per heavy atom. The minimum atomic E-state index is -3.62. The standard InChI is InChI=1S/C20H19NO3S/c1-24-18-10-7-8-16(15-18)14-17-9-5-6-13-20(17)21-25(22,23)19-11-3-2-4-12-19/h2-13,15,21H,14H2,1H3. The summed E-state index contributed by atoms with van der Waals surface area (Å²) >= 11 is 0. The molecule has 3 rings (SSSR count). The molecule has 0 saturated heterocycles. The van der Waals surface area contributed by atoms with Gasteiger partial charge in [-0.15, -0.1) is 0 Å². The highest BCUT2D eigenvalue weighted by molar-refractivity contribution is 7.92. The fourth-order valence-electron chi connectivity index (χ4n) is 2.58. The number of ether oxygens (including phenoxy) is 1. The predicted molar refractivity (Wildman–Crippen MR) is 99.5 cm³/mol. The summed E-state index contributed by atoms with van der Waals surface area (Å²) in [5.41, 5.74) is 2.52. The van der Waals surface area contributed by atoms with Crippen molar-refractivity contribution in [3.63, 3.8) is 0 Å². The van der Waals surface area contributed by atoms with E-state index in [1.165, 1.54) is 0 Å². The lowest BCUT2D eigenvalue weighted by Crippen LogP contribution is -2.14. The minimum absolute atomic E-state index is 0.242. The molecule has 5 heteroatoms. The maximum Gasteiger partial charge on any atom is 0.261 e. The summed E-state index contributed by atoms with van der Waals surface area (Å²) in [4.78, 5) is 0.242. The Morgan fingerprint density at radius 1 is 0.880 bits per heavy atom. The summed E-state index contributed by atoms with van der Waals surface area (Å²) in [7, 11) is -1.99. The van der Waals surface area contributed by atoms with E-state index < -0.39 is 10.0 Å². The largest absolute Gasteiger partial charge is 0.497 e. The molecule has 0 aromatic heterocycles. The number of benzene rings is 3. The molecule has 1 N–H and O–H groups in total. The van der Waals surface area contributed by atoms with Crippen molar-refractivity contribution in [1.82, 2.24) is 0 Å². The second kappa shape index (κ2) is 7.40. The van der Waals surface area contributed by atoms with Crippen molar-refractivity contribution >= 4 is 15.7 Å². The van der Waals surface area contributed by atoms with Crippen LogP contribution in [-0.2, 0) is 16.4 Å². The van der Waals surface area contributed by atoms with E-state index in [0.717, 1.165) is 16.9 Å². The fourth-order valence-corrected chi connectivity index (χ4v) is 3.70. The Morgan fingerprint density at radius 2 is 1.60 bits per heavy atom. The monoisotopic (exact) mass is 353 g/mol. The summed E-state index contributed by atoms with van der Waals surface area (Å²) < 4.78 is 33.1. The summed E-state index contributed by atoms with van der Waals surface area (Å²) in [6.07, 6.45) is 0.602. The van der Waals surface area contributed by atoms with Crippen LogP contribution in [0.4, 0.5) is 5.69 Å². The van der Waals surface area contributed by atoms with E-state index in [9.17, 15) is 8.42 Å². The van der Waals surface area contributed by atoms with Crippen molar-refractivity contribution in [2.24, 2.45) is 0 Å². The molecule has 0 heterocycles. The van der Waals surface area contributed by atoms with Gasteiger partial charge in [0.2, 0.25) is 0 Å². The number of anilines is 1. The van der Waals surface area contributed by atoms with Crippen LogP contribution in [0.1, 0.15) is 11.1 Å². The molecule has 3 aromatic carbocycles. The zero-order valence-corrected chi connectivity index (χ0v) is 14.7. The molecule has 0 spiro atoms. The maximum atomic E-state index is 12.6. The molecule has 25 heavy (non-hydrogen) atoms. The lowest BCUT2D eigenvalue weighted by Gasteiger charge is -2.13. The number of hydrogen-bond donors (Lipinski definition) is 1. The van der Waals surface area contributed by atoms with Gasteiger partial charge in [-0.2, -0.15) is 0 Å². The molecule has 0 aliphatic rings. The molecular weight excluding hydrogens is 334 g/mol. The molecule has 4 nitrogen and oxygen atoms in total. The number of methoxy groups -OCH3 is 1. The van der Waals surface area contributed by atoms with Gasteiger partial charge in [-0.3, -0.25) is 4.72 Å². The van der Waals surface area contributed by atoms with Gasteiger partial charge in [0.15, 0.2) is 0 Å². The SMILES string of the molecule is COc1cccc(Cc2ccccc2NS(=O)(=O)c2ccccc2)c1. The maximum absolute atomic E-state index is 12.6. The van der Waals surface area contributed by atoms with E-state index >= 15 is 0 Å². The van der Waals surface area contributed by atoms with Crippen molar-refractivity contribution in [2.45, 2.75) is 11.3 Å². The minimum Gasteiger partial charge on any atom is -0.497 e. The van der Waals surface area contributed by atoms with E-state index in [2.05, 4.69) is 4.72 Å². The molecule has 0 amide bonds. The van der Waals surface area contributed by atoms with Crippen LogP contribution in [0.15, 0.2) is 83.8 Å². The first kappa shape index (κ1) is 17.0. The highest BCUT2D eigenvalue weighted by atomic mass is 32.2. The molecule has 3 aromatic rings. The van der Waals surface area contributed by atoms with E-state index in [0.29, 0.717) is 12.1 Å². The summed E-state index contributed by atoms with van der Waals surface area (Å²) in [6, 6.07) is 23.5. The van der Waals surface area contributed by atoms with E-state index in [1.807, 2.05) is 42.5 Å². The van der Waals surface area contributed by atoms with Crippen molar-refractivity contribution in [2.75, 3.05) is 11.8 Å². The third kappa shape index (κ3) is 4.19. The van der Waals surface area contributed by atoms with Crippen LogP contribution >= 0.6 is 0 Å². The highest BCUT2D eigenvalue weighted by Gasteiger charge is 2.15. The zero-order valence-electron chi connectivity index (χ0n) is 13.8. The van der Waals surface area contributed by atoms with Crippen LogP contribution in [0.5, 0.6) is 5.75 Å². The zero-order chi connectivity index (χ0) is 17.7. The molecule has 0 bridgehead atoms. The molecule has 0 aliphatic carbocycles. The van der Waals surface area contributed by atoms with Crippen LogP contribution in [-0.4, -0.2) is 15.5 Å². The number of para-hydroxylation sites is 1. The van der Waals surface area contributed by atoms with Crippen molar-refractivity contribution < 1.29 is 13.2 Å². The van der Waals surface area contributed by atoms with E-state index in [-0.39, 0.29) is 4.90 Å². The quantitative estimate of drug-likeness (QED) is 0.726. The summed E-state index contributed by atoms with van der Waals surface area (Å²) in [5, 5.41) is 0. The Kier molecular flexibility index (Phi) is 5.05. The van der Waals surface area contributed by atoms with Gasteiger partial charge in [-0.05, 0) is 47.9 Å². The van der Waals surface area contributed by atoms with Crippen molar-refractivity contribution in [3.8, 4) is 5.75 Å². The lowest BCUT2D eigenvalue weighted by atomic mass is 10.0. The van der Waals surface area contributed by atoms with Crippen LogP contribution in [0.3, 0.4) is 0 Å². The van der Waals surface area contributed by atoms with Gasteiger partial charge in [-0.1, -0.05) is 48.5 Å². The predicted octanol–water partition coefficient (Wildman–Crippen LogP) is 4.09. The van der Waals surface area contributed by atoms with Crippen LogP contribution in [0, 0.1) is 0 Å². The second-order valence-corrected chi connectivity index (χ2v) is 7.29. The van der Waals surface area contributed by atoms with Gasteiger partial charge in [-0.25, -0.2) is 8.42 Å². The third-order valence-electron chi connectivity index (χ3n) is 3.84. The summed E-state index contributed by atoms with van der Waals surface area (Å²) in [5.74, 6) is 0.778. The molecule has 0 fully saturated rings. The Bertz CT molecular complexity index is 953. The third-order valence-corrected chi connectivity index (χ3v) is 5.23. The first-order valence-corrected chi connectivity index (χ1v) is 9.35. The van der Waals surface area contributed by atoms with Crippen molar-refractivity contribution in [1.29, 1.82) is 0 Å². The molecule has 0 radical (unpaired) electrons. The number of hydrogen-bond acceptors (Lipinski definition) is 3. The molecule has 0 aliphatic heterocycles. The van der Waals surface area contributed by atoms with Crippen molar-refractivity contribution in [3.05, 3.63) is 90.0 Å². The number of rotatable bonds is 6. The van der Waals surface area contributed by atoms with Crippen LogP contribution < -0.4 is 9.46 Å². The van der Waals surface area contributed by atoms with E-state index in [1.54, 1.807) is 43.5 Å². The van der Waals surface area contributed by atoms with Gasteiger partial charge < -0.3 is 4.74 Å². The molecule has 0 saturated carbocycles. The Labute approximate surface area is 148 Å². The Hall–Kier alpha value is -2.79. The lowest BCUT2D eigenvalue weighted by molar-refractivity contribution is 0.414.